The van der Waals surface area contributed by atoms with Crippen LogP contribution in [0.1, 0.15) is 18.9 Å². The molecule has 0 aromatic heterocycles. The number of benzene rings is 1. The zero-order valence-electron chi connectivity index (χ0n) is 13.3. The van der Waals surface area contributed by atoms with Gasteiger partial charge in [0.1, 0.15) is 6.04 Å². The maximum absolute atomic E-state index is 12.1. The Morgan fingerprint density at radius 1 is 1.26 bits per heavy atom. The van der Waals surface area contributed by atoms with Gasteiger partial charge in [-0.3, -0.25) is 4.79 Å². The molecule has 0 aliphatic rings. The van der Waals surface area contributed by atoms with E-state index in [0.29, 0.717) is 26.2 Å². The molecular weight excluding hydrogens is 300 g/mol. The van der Waals surface area contributed by atoms with Gasteiger partial charge in [-0.25, -0.2) is 4.79 Å². The molecular formula is C16H24N2O5. The third-order valence-corrected chi connectivity index (χ3v) is 3.22. The summed E-state index contributed by atoms with van der Waals surface area (Å²) in [5.74, 6) is -0.357. The standard InChI is InChI=1S/C16H24N2O5/c1-13(17-16(21)22)15(20)18(9-10-19)8-5-11-23-12-14-6-3-2-4-7-14/h2-4,6-7,13,17,19H,5,8-12H2,1H3,(H,21,22)/t13-/m1/s1. The number of carboxylic acid groups (broad SMARTS) is 1. The Hall–Kier alpha value is -2.12. The predicted molar refractivity (Wildman–Crippen MR) is 85.0 cm³/mol. The van der Waals surface area contributed by atoms with E-state index in [1.807, 2.05) is 30.3 Å². The second kappa shape index (κ2) is 10.6. The van der Waals surface area contributed by atoms with Crippen LogP contribution in [0.2, 0.25) is 0 Å². The third-order valence-electron chi connectivity index (χ3n) is 3.22. The van der Waals surface area contributed by atoms with Crippen molar-refractivity contribution in [3.63, 3.8) is 0 Å². The smallest absolute Gasteiger partial charge is 0.405 e. The van der Waals surface area contributed by atoms with Gasteiger partial charge in [0.15, 0.2) is 0 Å². The molecule has 0 unspecified atom stereocenters. The summed E-state index contributed by atoms with van der Waals surface area (Å²) in [6, 6.07) is 8.92. The highest BCUT2D eigenvalue weighted by molar-refractivity contribution is 5.84. The van der Waals surface area contributed by atoms with Gasteiger partial charge in [-0.05, 0) is 18.9 Å². The molecule has 128 valence electrons. The number of carbonyl (C=O) groups is 2. The van der Waals surface area contributed by atoms with Crippen LogP contribution in [0.25, 0.3) is 0 Å². The minimum Gasteiger partial charge on any atom is -0.465 e. The summed E-state index contributed by atoms with van der Waals surface area (Å²) in [6.07, 6.45) is -0.640. The van der Waals surface area contributed by atoms with Crippen molar-refractivity contribution in [3.8, 4) is 0 Å². The molecule has 1 atom stereocenters. The summed E-state index contributed by atoms with van der Waals surface area (Å²) in [6.45, 7) is 2.86. The van der Waals surface area contributed by atoms with E-state index in [1.54, 1.807) is 0 Å². The zero-order chi connectivity index (χ0) is 17.1. The highest BCUT2D eigenvalue weighted by Gasteiger charge is 2.21. The van der Waals surface area contributed by atoms with Crippen molar-refractivity contribution in [1.29, 1.82) is 0 Å². The topological polar surface area (TPSA) is 99.1 Å². The first-order chi connectivity index (χ1) is 11.0. The molecule has 0 aliphatic carbocycles. The number of aliphatic hydroxyl groups is 1. The fraction of sp³-hybridized carbons (Fsp3) is 0.500. The Kier molecular flexibility index (Phi) is 8.71. The maximum atomic E-state index is 12.1. The number of hydrogen-bond donors (Lipinski definition) is 3. The van der Waals surface area contributed by atoms with Crippen molar-refractivity contribution in [2.24, 2.45) is 0 Å². The SMILES string of the molecule is C[C@@H](NC(=O)O)C(=O)N(CCO)CCCOCc1ccccc1. The minimum absolute atomic E-state index is 0.170. The van der Waals surface area contributed by atoms with Gasteiger partial charge in [-0.1, -0.05) is 30.3 Å². The van der Waals surface area contributed by atoms with E-state index >= 15 is 0 Å². The van der Waals surface area contributed by atoms with Crippen LogP contribution in [0, 0.1) is 0 Å². The van der Waals surface area contributed by atoms with Gasteiger partial charge in [0.05, 0.1) is 13.2 Å². The molecule has 0 radical (unpaired) electrons. The van der Waals surface area contributed by atoms with Crippen LogP contribution in [-0.4, -0.2) is 59.5 Å². The second-order valence-corrected chi connectivity index (χ2v) is 5.11. The highest BCUT2D eigenvalue weighted by Crippen LogP contribution is 2.02. The summed E-state index contributed by atoms with van der Waals surface area (Å²) >= 11 is 0. The lowest BCUT2D eigenvalue weighted by molar-refractivity contribution is -0.133. The normalized spacial score (nSPS) is 11.7. The van der Waals surface area contributed by atoms with E-state index < -0.39 is 12.1 Å². The lowest BCUT2D eigenvalue weighted by atomic mass is 10.2. The fourth-order valence-corrected chi connectivity index (χ4v) is 2.10. The molecule has 7 nitrogen and oxygen atoms in total. The van der Waals surface area contributed by atoms with E-state index in [4.69, 9.17) is 14.9 Å². The van der Waals surface area contributed by atoms with Crippen molar-refractivity contribution in [2.45, 2.75) is 26.0 Å². The molecule has 0 fully saturated rings. The predicted octanol–water partition coefficient (Wildman–Crippen LogP) is 1.07. The van der Waals surface area contributed by atoms with E-state index in [-0.39, 0.29) is 19.1 Å². The van der Waals surface area contributed by atoms with Crippen molar-refractivity contribution >= 4 is 12.0 Å². The van der Waals surface area contributed by atoms with Crippen LogP contribution in [-0.2, 0) is 16.1 Å². The van der Waals surface area contributed by atoms with Gasteiger partial charge in [0.2, 0.25) is 5.91 Å². The molecule has 1 rings (SSSR count). The Balaban J connectivity index is 2.32. The van der Waals surface area contributed by atoms with Gasteiger partial charge in [0, 0.05) is 19.7 Å². The van der Waals surface area contributed by atoms with Crippen LogP contribution in [0.4, 0.5) is 4.79 Å². The number of amides is 2. The zero-order valence-corrected chi connectivity index (χ0v) is 13.3. The first kappa shape index (κ1) is 18.9. The molecule has 7 heteroatoms. The number of hydrogen-bond acceptors (Lipinski definition) is 4. The molecule has 0 bridgehead atoms. The molecule has 23 heavy (non-hydrogen) atoms. The molecule has 0 spiro atoms. The lowest BCUT2D eigenvalue weighted by Gasteiger charge is -2.25. The number of nitrogens with one attached hydrogen (secondary N) is 1. The first-order valence-electron chi connectivity index (χ1n) is 7.55. The number of aliphatic hydroxyl groups excluding tert-OH is 1. The third kappa shape index (κ3) is 7.62. The molecule has 1 aromatic rings. The molecule has 0 heterocycles. The minimum atomic E-state index is -1.25. The number of rotatable bonds is 10. The number of carbonyl (C=O) groups excluding carboxylic acids is 1. The molecule has 0 aliphatic heterocycles. The average molecular weight is 324 g/mol. The van der Waals surface area contributed by atoms with Crippen LogP contribution in [0.5, 0.6) is 0 Å². The lowest BCUT2D eigenvalue weighted by Crippen LogP contribution is -2.47. The molecule has 1 aromatic carbocycles. The Morgan fingerprint density at radius 2 is 1.96 bits per heavy atom. The van der Waals surface area contributed by atoms with Gasteiger partial charge >= 0.3 is 6.09 Å². The van der Waals surface area contributed by atoms with Gasteiger partial charge in [-0.15, -0.1) is 0 Å². The van der Waals surface area contributed by atoms with Crippen molar-refractivity contribution in [2.75, 3.05) is 26.3 Å². The fourth-order valence-electron chi connectivity index (χ4n) is 2.10. The van der Waals surface area contributed by atoms with E-state index in [1.165, 1.54) is 11.8 Å². The second-order valence-electron chi connectivity index (χ2n) is 5.11. The van der Waals surface area contributed by atoms with Crippen molar-refractivity contribution in [3.05, 3.63) is 35.9 Å². The van der Waals surface area contributed by atoms with Crippen molar-refractivity contribution in [1.82, 2.24) is 10.2 Å². The maximum Gasteiger partial charge on any atom is 0.405 e. The summed E-state index contributed by atoms with van der Waals surface area (Å²) in [5, 5.41) is 19.8. The largest absolute Gasteiger partial charge is 0.465 e. The Labute approximate surface area is 135 Å². The quantitative estimate of drug-likeness (QED) is 0.559. The Morgan fingerprint density at radius 3 is 2.57 bits per heavy atom. The van der Waals surface area contributed by atoms with Gasteiger partial charge < -0.3 is 25.2 Å². The summed E-state index contributed by atoms with van der Waals surface area (Å²) in [4.78, 5) is 24.1. The summed E-state index contributed by atoms with van der Waals surface area (Å²) in [5.41, 5.74) is 1.08. The monoisotopic (exact) mass is 324 g/mol. The van der Waals surface area contributed by atoms with E-state index in [0.717, 1.165) is 5.56 Å². The number of ether oxygens (including phenoxy) is 1. The van der Waals surface area contributed by atoms with Crippen molar-refractivity contribution < 1.29 is 24.5 Å². The molecule has 0 saturated heterocycles. The highest BCUT2D eigenvalue weighted by atomic mass is 16.5. The average Bonchev–Trinajstić information content (AvgIpc) is 2.53. The summed E-state index contributed by atoms with van der Waals surface area (Å²) in [7, 11) is 0. The van der Waals surface area contributed by atoms with E-state index in [9.17, 15) is 9.59 Å². The van der Waals surface area contributed by atoms with Crippen LogP contribution >= 0.6 is 0 Å². The molecule has 0 saturated carbocycles. The van der Waals surface area contributed by atoms with Gasteiger partial charge in [0.25, 0.3) is 0 Å². The molecule has 3 N–H and O–H groups in total. The molecule has 2 amide bonds. The first-order valence-corrected chi connectivity index (χ1v) is 7.55. The van der Waals surface area contributed by atoms with Crippen LogP contribution < -0.4 is 5.32 Å². The number of nitrogens with zero attached hydrogens (tertiary/aromatic N) is 1. The van der Waals surface area contributed by atoms with Crippen LogP contribution in [0.3, 0.4) is 0 Å². The Bertz CT molecular complexity index is 481. The van der Waals surface area contributed by atoms with E-state index in [2.05, 4.69) is 5.32 Å². The van der Waals surface area contributed by atoms with Crippen LogP contribution in [0.15, 0.2) is 30.3 Å². The summed E-state index contributed by atoms with van der Waals surface area (Å²) < 4.78 is 5.54. The van der Waals surface area contributed by atoms with Gasteiger partial charge in [-0.2, -0.15) is 0 Å².